The Balaban J connectivity index is 1.87. The molecular formula is C21H23NO2S. The summed E-state index contributed by atoms with van der Waals surface area (Å²) in [6.07, 6.45) is 3.31. The molecule has 0 aliphatic carbocycles. The molecule has 0 aromatic heterocycles. The van der Waals surface area contributed by atoms with E-state index in [9.17, 15) is 8.42 Å². The van der Waals surface area contributed by atoms with Crippen molar-refractivity contribution in [3.63, 3.8) is 0 Å². The van der Waals surface area contributed by atoms with E-state index >= 15 is 0 Å². The molecule has 3 aromatic rings. The average Bonchev–Trinajstić information content (AvgIpc) is 2.61. The van der Waals surface area contributed by atoms with Gasteiger partial charge in [0.05, 0.1) is 10.6 Å². The van der Waals surface area contributed by atoms with Crippen LogP contribution in [0.2, 0.25) is 0 Å². The van der Waals surface area contributed by atoms with Gasteiger partial charge in [0.2, 0.25) is 0 Å². The molecule has 0 aliphatic rings. The van der Waals surface area contributed by atoms with Gasteiger partial charge < -0.3 is 0 Å². The maximum atomic E-state index is 12.7. The van der Waals surface area contributed by atoms with Crippen LogP contribution in [0.4, 0.5) is 5.69 Å². The predicted octanol–water partition coefficient (Wildman–Crippen LogP) is 5.29. The minimum Gasteiger partial charge on any atom is -0.279 e. The van der Waals surface area contributed by atoms with Crippen LogP contribution in [0.1, 0.15) is 30.9 Å². The fourth-order valence-corrected chi connectivity index (χ4v) is 4.08. The third-order valence-electron chi connectivity index (χ3n) is 4.39. The Labute approximate surface area is 149 Å². The van der Waals surface area contributed by atoms with E-state index in [-0.39, 0.29) is 4.90 Å². The van der Waals surface area contributed by atoms with Crippen LogP contribution >= 0.6 is 0 Å². The molecule has 0 bridgehead atoms. The highest BCUT2D eigenvalue weighted by atomic mass is 32.2. The summed E-state index contributed by atoms with van der Waals surface area (Å²) in [4.78, 5) is 0.278. The largest absolute Gasteiger partial charge is 0.279 e. The van der Waals surface area contributed by atoms with Crippen molar-refractivity contribution < 1.29 is 8.42 Å². The van der Waals surface area contributed by atoms with Gasteiger partial charge in [-0.3, -0.25) is 4.72 Å². The zero-order valence-electron chi connectivity index (χ0n) is 14.6. The maximum Gasteiger partial charge on any atom is 0.261 e. The summed E-state index contributed by atoms with van der Waals surface area (Å²) >= 11 is 0. The van der Waals surface area contributed by atoms with Crippen LogP contribution in [-0.4, -0.2) is 8.42 Å². The Morgan fingerprint density at radius 2 is 1.68 bits per heavy atom. The van der Waals surface area contributed by atoms with Crippen LogP contribution in [0.5, 0.6) is 0 Å². The summed E-state index contributed by atoms with van der Waals surface area (Å²) in [7, 11) is -3.61. The summed E-state index contributed by atoms with van der Waals surface area (Å²) in [6.45, 7) is 4.10. The number of rotatable bonds is 6. The molecular weight excluding hydrogens is 330 g/mol. The van der Waals surface area contributed by atoms with Gasteiger partial charge in [-0.2, -0.15) is 0 Å². The number of hydrogen-bond acceptors (Lipinski definition) is 2. The Hall–Kier alpha value is -2.33. The number of unbranched alkanes of at least 4 members (excludes halogenated alkanes) is 1. The number of nitrogens with one attached hydrogen (secondary N) is 1. The van der Waals surface area contributed by atoms with Gasteiger partial charge in [-0.15, -0.1) is 0 Å². The zero-order chi connectivity index (χ0) is 17.9. The number of sulfonamides is 1. The summed E-state index contributed by atoms with van der Waals surface area (Å²) in [5, 5.41) is 1.94. The molecule has 0 radical (unpaired) electrons. The number of benzene rings is 3. The van der Waals surface area contributed by atoms with Crippen molar-refractivity contribution in [2.24, 2.45) is 0 Å². The quantitative estimate of drug-likeness (QED) is 0.654. The minimum atomic E-state index is -3.61. The molecule has 0 spiro atoms. The molecule has 4 heteroatoms. The second-order valence-corrected chi connectivity index (χ2v) is 8.05. The lowest BCUT2D eigenvalue weighted by atomic mass is 10.1. The van der Waals surface area contributed by atoms with Gasteiger partial charge in [0.25, 0.3) is 10.0 Å². The number of fused-ring (bicyclic) bond motifs is 1. The van der Waals surface area contributed by atoms with Gasteiger partial charge in [0, 0.05) is 0 Å². The smallest absolute Gasteiger partial charge is 0.261 e. The van der Waals surface area contributed by atoms with E-state index in [0.717, 1.165) is 35.6 Å². The van der Waals surface area contributed by atoms with Crippen LogP contribution in [0, 0.1) is 6.92 Å². The van der Waals surface area contributed by atoms with Crippen LogP contribution in [0.3, 0.4) is 0 Å². The van der Waals surface area contributed by atoms with Gasteiger partial charge in [-0.05, 0) is 59.9 Å². The van der Waals surface area contributed by atoms with Gasteiger partial charge >= 0.3 is 0 Å². The molecule has 0 saturated heterocycles. The lowest BCUT2D eigenvalue weighted by Gasteiger charge is -2.12. The standard InChI is InChI=1S/C21H23NO2S/c1-3-4-7-17-10-13-21(16(2)14-17)22-25(23,24)20-12-11-18-8-5-6-9-19(18)15-20/h5-6,8-15,22H,3-4,7H2,1-2H3. The molecule has 130 valence electrons. The van der Waals surface area contributed by atoms with E-state index in [1.54, 1.807) is 12.1 Å². The monoisotopic (exact) mass is 353 g/mol. The molecule has 0 amide bonds. The molecule has 0 unspecified atom stereocenters. The fraction of sp³-hybridized carbons (Fsp3) is 0.238. The third kappa shape index (κ3) is 4.02. The van der Waals surface area contributed by atoms with Crippen molar-refractivity contribution in [2.75, 3.05) is 4.72 Å². The van der Waals surface area contributed by atoms with Crippen molar-refractivity contribution in [3.05, 3.63) is 71.8 Å². The predicted molar refractivity (Wildman–Crippen MR) is 105 cm³/mol. The van der Waals surface area contributed by atoms with Crippen LogP contribution < -0.4 is 4.72 Å². The van der Waals surface area contributed by atoms with E-state index < -0.39 is 10.0 Å². The lowest BCUT2D eigenvalue weighted by molar-refractivity contribution is 0.601. The van der Waals surface area contributed by atoms with Crippen LogP contribution in [0.25, 0.3) is 10.8 Å². The van der Waals surface area contributed by atoms with Gasteiger partial charge in [-0.25, -0.2) is 8.42 Å². The van der Waals surface area contributed by atoms with Crippen molar-refractivity contribution in [1.82, 2.24) is 0 Å². The second-order valence-electron chi connectivity index (χ2n) is 6.37. The molecule has 0 saturated carbocycles. The Bertz CT molecular complexity index is 994. The van der Waals surface area contributed by atoms with Crippen molar-refractivity contribution in [2.45, 2.75) is 38.0 Å². The molecule has 0 atom stereocenters. The SMILES string of the molecule is CCCCc1ccc(NS(=O)(=O)c2ccc3ccccc3c2)c(C)c1. The average molecular weight is 353 g/mol. The van der Waals surface area contributed by atoms with Crippen LogP contribution in [-0.2, 0) is 16.4 Å². The molecule has 3 nitrogen and oxygen atoms in total. The summed E-state index contributed by atoms with van der Waals surface area (Å²) < 4.78 is 28.2. The Morgan fingerprint density at radius 3 is 2.40 bits per heavy atom. The minimum absolute atomic E-state index is 0.278. The highest BCUT2D eigenvalue weighted by Gasteiger charge is 2.15. The summed E-state index contributed by atoms with van der Waals surface area (Å²) in [5.74, 6) is 0. The first kappa shape index (κ1) is 17.5. The molecule has 0 fully saturated rings. The van der Waals surface area contributed by atoms with Gasteiger partial charge in [0.1, 0.15) is 0 Å². The van der Waals surface area contributed by atoms with Crippen molar-refractivity contribution in [1.29, 1.82) is 0 Å². The maximum absolute atomic E-state index is 12.7. The first-order chi connectivity index (χ1) is 12.0. The number of hydrogen-bond donors (Lipinski definition) is 1. The topological polar surface area (TPSA) is 46.2 Å². The number of anilines is 1. The summed E-state index contributed by atoms with van der Waals surface area (Å²) in [5.41, 5.74) is 2.82. The van der Waals surface area contributed by atoms with Crippen molar-refractivity contribution >= 4 is 26.5 Å². The van der Waals surface area contributed by atoms with E-state index in [1.165, 1.54) is 5.56 Å². The first-order valence-corrected chi connectivity index (χ1v) is 10.1. The van der Waals surface area contributed by atoms with Gasteiger partial charge in [-0.1, -0.05) is 55.8 Å². The lowest BCUT2D eigenvalue weighted by Crippen LogP contribution is -2.13. The van der Waals surface area contributed by atoms with E-state index in [2.05, 4.69) is 17.7 Å². The second kappa shape index (κ2) is 7.28. The normalized spacial score (nSPS) is 11.6. The summed E-state index contributed by atoms with van der Waals surface area (Å²) in [6, 6.07) is 18.9. The Kier molecular flexibility index (Phi) is 5.09. The van der Waals surface area contributed by atoms with E-state index in [0.29, 0.717) is 5.69 Å². The molecule has 3 aromatic carbocycles. The molecule has 1 N–H and O–H groups in total. The molecule has 0 aliphatic heterocycles. The zero-order valence-corrected chi connectivity index (χ0v) is 15.4. The highest BCUT2D eigenvalue weighted by molar-refractivity contribution is 7.92. The Morgan fingerprint density at radius 1 is 0.920 bits per heavy atom. The highest BCUT2D eigenvalue weighted by Crippen LogP contribution is 2.24. The van der Waals surface area contributed by atoms with Crippen molar-refractivity contribution in [3.8, 4) is 0 Å². The third-order valence-corrected chi connectivity index (χ3v) is 5.75. The van der Waals surface area contributed by atoms with E-state index in [1.807, 2.05) is 49.4 Å². The molecule has 0 heterocycles. The van der Waals surface area contributed by atoms with Crippen LogP contribution in [0.15, 0.2) is 65.6 Å². The fourth-order valence-electron chi connectivity index (χ4n) is 2.91. The molecule has 3 rings (SSSR count). The van der Waals surface area contributed by atoms with Gasteiger partial charge in [0.15, 0.2) is 0 Å². The van der Waals surface area contributed by atoms with E-state index in [4.69, 9.17) is 0 Å². The molecule has 25 heavy (non-hydrogen) atoms. The first-order valence-electron chi connectivity index (χ1n) is 8.61. The number of aryl methyl sites for hydroxylation is 2.